The smallest absolute Gasteiger partial charge is 0.146 e. The third-order valence-corrected chi connectivity index (χ3v) is 7.45. The summed E-state index contributed by atoms with van der Waals surface area (Å²) in [5.41, 5.74) is 0. The van der Waals surface area contributed by atoms with E-state index in [1.807, 2.05) is 0 Å². The highest BCUT2D eigenvalue weighted by Gasteiger charge is 2.50. The standard InChI is InChI=1S/C20H30O2/c21-19-16(13-5-1-2-6-13)11-9-15-10-12-17(20(22)18(15)19)14-7-3-4-8-14/h13-18H,1-12H2/t15?,16-,17-,18?/m0/s1. The van der Waals surface area contributed by atoms with E-state index in [0.29, 0.717) is 29.3 Å². The molecule has 0 aromatic carbocycles. The topological polar surface area (TPSA) is 34.1 Å². The summed E-state index contributed by atoms with van der Waals surface area (Å²) >= 11 is 0. The Balaban J connectivity index is 1.51. The van der Waals surface area contributed by atoms with E-state index >= 15 is 0 Å². The Morgan fingerprint density at radius 1 is 0.500 bits per heavy atom. The second-order valence-electron chi connectivity index (χ2n) is 8.50. The molecule has 0 amide bonds. The van der Waals surface area contributed by atoms with E-state index in [0.717, 1.165) is 25.7 Å². The van der Waals surface area contributed by atoms with Crippen molar-refractivity contribution in [3.8, 4) is 0 Å². The fourth-order valence-corrected chi connectivity index (χ4v) is 6.27. The number of rotatable bonds is 2. The molecule has 0 radical (unpaired) electrons. The second-order valence-corrected chi connectivity index (χ2v) is 8.50. The maximum Gasteiger partial charge on any atom is 0.146 e. The van der Waals surface area contributed by atoms with Gasteiger partial charge in [0.2, 0.25) is 0 Å². The Bertz CT molecular complexity index is 403. The summed E-state index contributed by atoms with van der Waals surface area (Å²) in [6.45, 7) is 0. The fraction of sp³-hybridized carbons (Fsp3) is 0.900. The van der Waals surface area contributed by atoms with Crippen molar-refractivity contribution in [1.82, 2.24) is 0 Å². The molecule has 2 nitrogen and oxygen atoms in total. The monoisotopic (exact) mass is 302 g/mol. The van der Waals surface area contributed by atoms with Crippen LogP contribution in [0.3, 0.4) is 0 Å². The number of carbonyl (C=O) groups is 2. The van der Waals surface area contributed by atoms with Gasteiger partial charge in [0.25, 0.3) is 0 Å². The van der Waals surface area contributed by atoms with Crippen LogP contribution in [0.2, 0.25) is 0 Å². The molecule has 0 unspecified atom stereocenters. The second kappa shape index (κ2) is 6.09. The van der Waals surface area contributed by atoms with Crippen LogP contribution in [0, 0.1) is 35.5 Å². The molecule has 2 heteroatoms. The zero-order chi connectivity index (χ0) is 15.1. The zero-order valence-electron chi connectivity index (χ0n) is 13.8. The minimum Gasteiger partial charge on any atom is -0.299 e. The molecule has 4 rings (SSSR count). The van der Waals surface area contributed by atoms with E-state index in [9.17, 15) is 9.59 Å². The highest BCUT2D eigenvalue weighted by molar-refractivity contribution is 6.05. The largest absolute Gasteiger partial charge is 0.299 e. The summed E-state index contributed by atoms with van der Waals surface area (Å²) in [4.78, 5) is 26.2. The van der Waals surface area contributed by atoms with Crippen molar-refractivity contribution in [1.29, 1.82) is 0 Å². The molecule has 4 saturated carbocycles. The predicted octanol–water partition coefficient (Wildman–Crippen LogP) is 4.56. The Morgan fingerprint density at radius 3 is 1.32 bits per heavy atom. The van der Waals surface area contributed by atoms with Gasteiger partial charge < -0.3 is 0 Å². The van der Waals surface area contributed by atoms with Gasteiger partial charge in [0.15, 0.2) is 0 Å². The third kappa shape index (κ3) is 2.47. The molecule has 4 fully saturated rings. The maximum atomic E-state index is 13.1. The van der Waals surface area contributed by atoms with Gasteiger partial charge in [0, 0.05) is 11.8 Å². The zero-order valence-corrected chi connectivity index (χ0v) is 13.8. The van der Waals surface area contributed by atoms with Gasteiger partial charge in [-0.25, -0.2) is 0 Å². The molecule has 0 aromatic rings. The number of hydrogen-bond acceptors (Lipinski definition) is 2. The lowest BCUT2D eigenvalue weighted by Gasteiger charge is -2.42. The molecule has 4 aliphatic rings. The summed E-state index contributed by atoms with van der Waals surface area (Å²) in [6, 6.07) is 0. The van der Waals surface area contributed by atoms with E-state index < -0.39 is 0 Å². The van der Waals surface area contributed by atoms with Gasteiger partial charge in [-0.2, -0.15) is 0 Å². The predicted molar refractivity (Wildman–Crippen MR) is 86.4 cm³/mol. The summed E-state index contributed by atoms with van der Waals surface area (Å²) in [5, 5.41) is 0. The summed E-state index contributed by atoms with van der Waals surface area (Å²) in [6.07, 6.45) is 14.5. The highest BCUT2D eigenvalue weighted by Crippen LogP contribution is 2.48. The Kier molecular flexibility index (Phi) is 4.13. The van der Waals surface area contributed by atoms with Crippen LogP contribution in [-0.4, -0.2) is 11.6 Å². The van der Waals surface area contributed by atoms with Crippen LogP contribution in [-0.2, 0) is 9.59 Å². The minimum atomic E-state index is -0.196. The van der Waals surface area contributed by atoms with Crippen molar-refractivity contribution in [2.75, 3.05) is 0 Å². The molecule has 0 heterocycles. The van der Waals surface area contributed by atoms with Crippen molar-refractivity contribution >= 4 is 11.6 Å². The van der Waals surface area contributed by atoms with E-state index in [4.69, 9.17) is 0 Å². The first-order valence-corrected chi connectivity index (χ1v) is 9.83. The van der Waals surface area contributed by atoms with Crippen molar-refractivity contribution in [2.45, 2.75) is 77.0 Å². The highest BCUT2D eigenvalue weighted by atomic mass is 16.2. The average Bonchev–Trinajstić information content (AvgIpc) is 3.21. The van der Waals surface area contributed by atoms with Crippen LogP contribution in [0.25, 0.3) is 0 Å². The van der Waals surface area contributed by atoms with Crippen molar-refractivity contribution in [3.63, 3.8) is 0 Å². The Labute approximate surface area is 134 Å². The molecule has 2 atom stereocenters. The fourth-order valence-electron chi connectivity index (χ4n) is 6.27. The molecule has 0 saturated heterocycles. The molecule has 0 aromatic heterocycles. The lowest BCUT2D eigenvalue weighted by atomic mass is 9.59. The first-order chi connectivity index (χ1) is 10.8. The van der Waals surface area contributed by atoms with Crippen LogP contribution in [0.5, 0.6) is 0 Å². The van der Waals surface area contributed by atoms with Gasteiger partial charge in [-0.05, 0) is 69.1 Å². The summed E-state index contributed by atoms with van der Waals surface area (Å²) < 4.78 is 0. The van der Waals surface area contributed by atoms with E-state index in [2.05, 4.69) is 0 Å². The van der Waals surface area contributed by atoms with Crippen molar-refractivity contribution in [2.24, 2.45) is 35.5 Å². The van der Waals surface area contributed by atoms with Crippen molar-refractivity contribution < 1.29 is 9.59 Å². The number of Topliss-reactive ketones (excluding diaryl/α,β-unsaturated/α-hetero) is 2. The molecule has 0 spiro atoms. The molecule has 4 aliphatic carbocycles. The molecular formula is C20H30O2. The van der Waals surface area contributed by atoms with Crippen LogP contribution >= 0.6 is 0 Å². The van der Waals surface area contributed by atoms with Gasteiger partial charge in [0.1, 0.15) is 11.6 Å². The normalized spacial score (nSPS) is 41.1. The lowest BCUT2D eigenvalue weighted by molar-refractivity contribution is -0.147. The van der Waals surface area contributed by atoms with Crippen LogP contribution in [0.15, 0.2) is 0 Å². The quantitative estimate of drug-likeness (QED) is 0.701. The third-order valence-electron chi connectivity index (χ3n) is 7.45. The lowest BCUT2D eigenvalue weighted by Crippen LogP contribution is -2.48. The molecule has 0 bridgehead atoms. The van der Waals surface area contributed by atoms with Gasteiger partial charge in [-0.3, -0.25) is 9.59 Å². The van der Waals surface area contributed by atoms with E-state index in [1.165, 1.54) is 51.4 Å². The minimum absolute atomic E-state index is 0.196. The van der Waals surface area contributed by atoms with Crippen LogP contribution in [0.1, 0.15) is 77.0 Å². The number of fused-ring (bicyclic) bond motifs is 1. The molecule has 22 heavy (non-hydrogen) atoms. The van der Waals surface area contributed by atoms with Gasteiger partial charge in [-0.1, -0.05) is 25.7 Å². The molecule has 122 valence electrons. The Morgan fingerprint density at radius 2 is 0.909 bits per heavy atom. The van der Waals surface area contributed by atoms with Crippen molar-refractivity contribution in [3.05, 3.63) is 0 Å². The number of ketones is 2. The van der Waals surface area contributed by atoms with E-state index in [1.54, 1.807) is 0 Å². The first-order valence-electron chi connectivity index (χ1n) is 9.83. The first kappa shape index (κ1) is 14.9. The maximum absolute atomic E-state index is 13.1. The molecule has 0 aliphatic heterocycles. The number of carbonyl (C=O) groups excluding carboxylic acids is 2. The average molecular weight is 302 g/mol. The summed E-state index contributed by atoms with van der Waals surface area (Å²) in [7, 11) is 0. The van der Waals surface area contributed by atoms with Gasteiger partial charge >= 0.3 is 0 Å². The van der Waals surface area contributed by atoms with Gasteiger partial charge in [0.05, 0.1) is 5.92 Å². The number of hydrogen-bond donors (Lipinski definition) is 0. The SMILES string of the molecule is O=C1C2C(=O)[C@H](C3CCCC3)CCC2CC[C@H]1C1CCCC1. The molecule has 0 N–H and O–H groups in total. The van der Waals surface area contributed by atoms with Crippen LogP contribution in [0.4, 0.5) is 0 Å². The Hall–Kier alpha value is -0.660. The van der Waals surface area contributed by atoms with Gasteiger partial charge in [-0.15, -0.1) is 0 Å². The van der Waals surface area contributed by atoms with Crippen LogP contribution < -0.4 is 0 Å². The molecular weight excluding hydrogens is 272 g/mol. The summed E-state index contributed by atoms with van der Waals surface area (Å²) in [5.74, 6) is 2.62. The van der Waals surface area contributed by atoms with E-state index in [-0.39, 0.29) is 17.8 Å².